The molecule has 5 heteroatoms. The smallest absolute Gasteiger partial charge is 0.258 e. The van der Waals surface area contributed by atoms with Crippen molar-refractivity contribution in [3.63, 3.8) is 0 Å². The molecule has 0 atom stereocenters. The Hall–Kier alpha value is -2.40. The monoisotopic (exact) mass is 190 g/mol. The zero-order valence-electron chi connectivity index (χ0n) is 6.82. The van der Waals surface area contributed by atoms with Gasteiger partial charge in [0.2, 0.25) is 0 Å². The molecule has 4 nitrogen and oxygen atoms in total. The van der Waals surface area contributed by atoms with Gasteiger partial charge in [0.25, 0.3) is 5.69 Å². The van der Waals surface area contributed by atoms with Crippen LogP contribution in [0.25, 0.3) is 0 Å². The van der Waals surface area contributed by atoms with Crippen molar-refractivity contribution in [2.75, 3.05) is 0 Å². The van der Waals surface area contributed by atoms with Crippen LogP contribution in [0.5, 0.6) is 0 Å². The lowest BCUT2D eigenvalue weighted by atomic mass is 10.2. The van der Waals surface area contributed by atoms with E-state index >= 15 is 0 Å². The minimum Gasteiger partial charge on any atom is -0.258 e. The molecule has 0 aliphatic rings. The lowest BCUT2D eigenvalue weighted by Crippen LogP contribution is -1.90. The number of halogens is 1. The standard InChI is InChI=1S/C9H3FN2O2/c10-8-4-7(2-1-3-11)5-9(6-8)12(13)14/h4-6H. The molecule has 1 rings (SSSR count). The van der Waals surface area contributed by atoms with Crippen LogP contribution in [0.4, 0.5) is 10.1 Å². The Bertz CT molecular complexity index is 480. The quantitative estimate of drug-likeness (QED) is 0.383. The highest BCUT2D eigenvalue weighted by Crippen LogP contribution is 2.15. The molecule has 0 aliphatic carbocycles. The summed E-state index contributed by atoms with van der Waals surface area (Å²) in [5.41, 5.74) is -0.273. The highest BCUT2D eigenvalue weighted by atomic mass is 19.1. The van der Waals surface area contributed by atoms with Crippen LogP contribution < -0.4 is 0 Å². The second kappa shape index (κ2) is 4.01. The maximum absolute atomic E-state index is 12.8. The molecular weight excluding hydrogens is 187 g/mol. The molecule has 14 heavy (non-hydrogen) atoms. The Labute approximate surface area is 78.7 Å². The molecule has 0 heterocycles. The number of hydrogen-bond acceptors (Lipinski definition) is 3. The maximum Gasteiger partial charge on any atom is 0.273 e. The highest BCUT2D eigenvalue weighted by Gasteiger charge is 2.08. The normalized spacial score (nSPS) is 8.29. The van der Waals surface area contributed by atoms with Crippen LogP contribution in [0, 0.1) is 39.1 Å². The molecule has 0 spiro atoms. The Morgan fingerprint density at radius 3 is 2.71 bits per heavy atom. The summed E-state index contributed by atoms with van der Waals surface area (Å²) in [5, 5.41) is 18.4. The number of nitro groups is 1. The van der Waals surface area contributed by atoms with Gasteiger partial charge in [0, 0.05) is 17.6 Å². The van der Waals surface area contributed by atoms with Crippen molar-refractivity contribution in [1.29, 1.82) is 5.26 Å². The number of nitriles is 1. The van der Waals surface area contributed by atoms with E-state index in [1.165, 1.54) is 6.07 Å². The van der Waals surface area contributed by atoms with Crippen molar-refractivity contribution in [1.82, 2.24) is 0 Å². The van der Waals surface area contributed by atoms with Crippen LogP contribution in [0.1, 0.15) is 5.56 Å². The highest BCUT2D eigenvalue weighted by molar-refractivity contribution is 5.45. The summed E-state index contributed by atoms with van der Waals surface area (Å²) in [6.45, 7) is 0. The van der Waals surface area contributed by atoms with Crippen molar-refractivity contribution in [2.24, 2.45) is 0 Å². The second-order valence-electron chi connectivity index (χ2n) is 2.32. The van der Waals surface area contributed by atoms with E-state index < -0.39 is 10.7 Å². The van der Waals surface area contributed by atoms with Crippen LogP contribution in [0.2, 0.25) is 0 Å². The van der Waals surface area contributed by atoms with Crippen molar-refractivity contribution in [3.05, 3.63) is 39.7 Å². The predicted octanol–water partition coefficient (Wildman–Crippen LogP) is 1.61. The summed E-state index contributed by atoms with van der Waals surface area (Å²) in [6.07, 6.45) is 0. The fourth-order valence-electron chi connectivity index (χ4n) is 0.852. The predicted molar refractivity (Wildman–Crippen MR) is 45.5 cm³/mol. The van der Waals surface area contributed by atoms with Gasteiger partial charge in [-0.15, -0.1) is 0 Å². The molecule has 1 aromatic rings. The van der Waals surface area contributed by atoms with E-state index in [0.717, 1.165) is 18.2 Å². The summed E-state index contributed by atoms with van der Waals surface area (Å²) in [4.78, 5) is 9.58. The van der Waals surface area contributed by atoms with Gasteiger partial charge in [-0.05, 0) is 6.07 Å². The largest absolute Gasteiger partial charge is 0.273 e. The number of hydrogen-bond donors (Lipinski definition) is 0. The molecule has 0 saturated heterocycles. The van der Waals surface area contributed by atoms with Crippen molar-refractivity contribution >= 4 is 5.69 Å². The molecule has 0 bridgehead atoms. The average Bonchev–Trinajstić information content (AvgIpc) is 2.14. The van der Waals surface area contributed by atoms with E-state index in [1.54, 1.807) is 0 Å². The first-order valence-corrected chi connectivity index (χ1v) is 3.48. The van der Waals surface area contributed by atoms with Crippen LogP contribution in [0.3, 0.4) is 0 Å². The van der Waals surface area contributed by atoms with Crippen LogP contribution in [-0.2, 0) is 0 Å². The summed E-state index contributed by atoms with van der Waals surface area (Å²) >= 11 is 0. The minimum atomic E-state index is -0.749. The van der Waals surface area contributed by atoms with Crippen LogP contribution in [0.15, 0.2) is 18.2 Å². The maximum atomic E-state index is 12.8. The van der Waals surface area contributed by atoms with Gasteiger partial charge in [-0.3, -0.25) is 10.1 Å². The van der Waals surface area contributed by atoms with E-state index in [2.05, 4.69) is 5.92 Å². The molecule has 0 fully saturated rings. The Morgan fingerprint density at radius 1 is 1.43 bits per heavy atom. The summed E-state index contributed by atoms with van der Waals surface area (Å²) in [6, 6.07) is 4.45. The molecule has 0 aromatic heterocycles. The number of rotatable bonds is 1. The molecule has 0 radical (unpaired) electrons. The minimum absolute atomic E-state index is 0.109. The van der Waals surface area contributed by atoms with Crippen molar-refractivity contribution in [2.45, 2.75) is 0 Å². The lowest BCUT2D eigenvalue weighted by molar-refractivity contribution is -0.385. The van der Waals surface area contributed by atoms with E-state index in [0.29, 0.717) is 0 Å². The van der Waals surface area contributed by atoms with E-state index in [9.17, 15) is 14.5 Å². The Kier molecular flexibility index (Phi) is 2.78. The number of non-ortho nitro benzene ring substituents is 1. The molecular formula is C9H3FN2O2. The van der Waals surface area contributed by atoms with Gasteiger partial charge in [0.05, 0.1) is 11.0 Å². The fraction of sp³-hybridized carbons (Fsp3) is 0. The van der Waals surface area contributed by atoms with Gasteiger partial charge in [-0.2, -0.15) is 5.26 Å². The van der Waals surface area contributed by atoms with Gasteiger partial charge in [0.15, 0.2) is 6.07 Å². The van der Waals surface area contributed by atoms with Gasteiger partial charge in [-0.25, -0.2) is 4.39 Å². The molecule has 0 unspecified atom stereocenters. The third kappa shape index (κ3) is 2.29. The fourth-order valence-corrected chi connectivity index (χ4v) is 0.852. The molecule has 68 valence electrons. The first kappa shape index (κ1) is 9.69. The van der Waals surface area contributed by atoms with E-state index in [1.807, 2.05) is 5.92 Å². The van der Waals surface area contributed by atoms with Crippen LogP contribution >= 0.6 is 0 Å². The van der Waals surface area contributed by atoms with Crippen molar-refractivity contribution in [3.8, 4) is 17.9 Å². The molecule has 0 saturated carbocycles. The van der Waals surface area contributed by atoms with Gasteiger partial charge in [0.1, 0.15) is 5.82 Å². The molecule has 1 aromatic carbocycles. The molecule has 0 N–H and O–H groups in total. The summed E-state index contributed by atoms with van der Waals surface area (Å²) in [7, 11) is 0. The van der Waals surface area contributed by atoms with E-state index in [-0.39, 0.29) is 11.3 Å². The zero-order valence-corrected chi connectivity index (χ0v) is 6.82. The third-order valence-corrected chi connectivity index (χ3v) is 1.36. The zero-order chi connectivity index (χ0) is 10.6. The van der Waals surface area contributed by atoms with Gasteiger partial charge >= 0.3 is 0 Å². The van der Waals surface area contributed by atoms with E-state index in [4.69, 9.17) is 5.26 Å². The Balaban J connectivity index is 3.22. The average molecular weight is 190 g/mol. The molecule has 0 aliphatic heterocycles. The van der Waals surface area contributed by atoms with Gasteiger partial charge in [-0.1, -0.05) is 5.92 Å². The third-order valence-electron chi connectivity index (χ3n) is 1.36. The summed E-state index contributed by atoms with van der Waals surface area (Å²) < 4.78 is 12.8. The topological polar surface area (TPSA) is 66.9 Å². The second-order valence-corrected chi connectivity index (χ2v) is 2.32. The first-order valence-electron chi connectivity index (χ1n) is 3.48. The number of benzene rings is 1. The van der Waals surface area contributed by atoms with Crippen LogP contribution in [-0.4, -0.2) is 4.92 Å². The lowest BCUT2D eigenvalue weighted by Gasteiger charge is -1.93. The number of nitrogens with zero attached hydrogens (tertiary/aromatic N) is 2. The summed E-state index contributed by atoms with van der Waals surface area (Å²) in [5.74, 6) is 3.55. The first-order chi connectivity index (χ1) is 6.63. The van der Waals surface area contributed by atoms with Crippen molar-refractivity contribution < 1.29 is 9.31 Å². The van der Waals surface area contributed by atoms with Gasteiger partial charge < -0.3 is 0 Å². The Morgan fingerprint density at radius 2 is 2.14 bits per heavy atom. The SMILES string of the molecule is N#CC#Cc1cc(F)cc([N+](=O)[O-])c1. The molecule has 0 amide bonds. The number of nitro benzene ring substituents is 1.